The number of piperidine rings is 1. The number of anilines is 4. The summed E-state index contributed by atoms with van der Waals surface area (Å²) in [4.78, 5) is 35.0. The molecular weight excluding hydrogens is 566 g/mol. The second-order valence-electron chi connectivity index (χ2n) is 10.0. The summed E-state index contributed by atoms with van der Waals surface area (Å²) in [7, 11) is 1.25. The largest absolute Gasteiger partial charge is 0.457 e. The Kier molecular flexibility index (Phi) is 8.15. The van der Waals surface area contributed by atoms with Gasteiger partial charge < -0.3 is 36.1 Å². The smallest absolute Gasteiger partial charge is 0.407 e. The zero-order chi connectivity index (χ0) is 30.0. The van der Waals surface area contributed by atoms with Gasteiger partial charge in [-0.3, -0.25) is 4.79 Å². The molecule has 2 aromatic heterocycles. The Morgan fingerprint density at radius 1 is 1.24 bits per heavy atom. The maximum absolute atomic E-state index is 12.4. The molecule has 5 N–H and O–H groups in total. The average Bonchev–Trinajstić information content (AvgIpc) is 3.70. The molecular formula is C26H28ClN11O4. The summed E-state index contributed by atoms with van der Waals surface area (Å²) in [6.07, 6.45) is 2.36. The van der Waals surface area contributed by atoms with Crippen LogP contribution in [0.25, 0.3) is 5.65 Å². The molecule has 42 heavy (non-hydrogen) atoms. The third kappa shape index (κ3) is 6.07. The van der Waals surface area contributed by atoms with E-state index < -0.39 is 30.3 Å². The Bertz CT molecular complexity index is 1610. The number of fused-ring (bicyclic) bond motifs is 1. The SMILES string of the molecule is COC(=O)N[C@@H]1CCN(c2cc(C#N)cc(Nc3nc(NC4CC4)c4ncc(C#N)n4n3)c2Cl)C[C@H]1OC(=O)[C@H](C)N. The fourth-order valence-corrected chi connectivity index (χ4v) is 4.81. The summed E-state index contributed by atoms with van der Waals surface area (Å²) in [5, 5.41) is 33.1. The van der Waals surface area contributed by atoms with Gasteiger partial charge in [-0.2, -0.15) is 20.0 Å². The number of nitrogens with zero attached hydrogens (tertiary/aromatic N) is 7. The number of nitriles is 2. The number of amides is 1. The van der Waals surface area contributed by atoms with E-state index in [1.807, 2.05) is 4.90 Å². The third-order valence-electron chi connectivity index (χ3n) is 6.85. The molecule has 1 saturated heterocycles. The quantitative estimate of drug-likeness (QED) is 0.276. The molecule has 0 radical (unpaired) electrons. The summed E-state index contributed by atoms with van der Waals surface area (Å²) in [5.74, 6) is -0.0341. The van der Waals surface area contributed by atoms with Gasteiger partial charge in [0.1, 0.15) is 18.2 Å². The Labute approximate surface area is 245 Å². The van der Waals surface area contributed by atoms with E-state index in [1.54, 1.807) is 12.1 Å². The van der Waals surface area contributed by atoms with Gasteiger partial charge in [0.05, 0.1) is 53.9 Å². The minimum absolute atomic E-state index is 0.132. The Balaban J connectivity index is 1.47. The number of alkyl carbamates (subject to hydrolysis) is 1. The molecule has 218 valence electrons. The molecule has 1 aliphatic heterocycles. The number of aromatic nitrogens is 4. The van der Waals surface area contributed by atoms with Crippen LogP contribution in [0.5, 0.6) is 0 Å². The second kappa shape index (κ2) is 11.9. The average molecular weight is 594 g/mol. The Hall–Kier alpha value is -4.86. The predicted octanol–water partition coefficient (Wildman–Crippen LogP) is 2.03. The highest BCUT2D eigenvalue weighted by molar-refractivity contribution is 6.36. The van der Waals surface area contributed by atoms with Crippen LogP contribution in [-0.4, -0.2) is 76.1 Å². The lowest BCUT2D eigenvalue weighted by atomic mass is 10.00. The number of hydrogen-bond acceptors (Lipinski definition) is 13. The molecule has 1 aliphatic carbocycles. The predicted molar refractivity (Wildman–Crippen MR) is 151 cm³/mol. The molecule has 16 heteroatoms. The van der Waals surface area contributed by atoms with E-state index in [0.717, 1.165) is 12.8 Å². The molecule has 0 spiro atoms. The summed E-state index contributed by atoms with van der Waals surface area (Å²) < 4.78 is 11.7. The lowest BCUT2D eigenvalue weighted by Gasteiger charge is -2.39. The van der Waals surface area contributed by atoms with Crippen molar-refractivity contribution >= 4 is 52.5 Å². The molecule has 1 saturated carbocycles. The van der Waals surface area contributed by atoms with Crippen LogP contribution in [0.3, 0.4) is 0 Å². The van der Waals surface area contributed by atoms with E-state index in [9.17, 15) is 20.1 Å². The minimum Gasteiger partial charge on any atom is -0.457 e. The van der Waals surface area contributed by atoms with E-state index in [-0.39, 0.29) is 29.3 Å². The van der Waals surface area contributed by atoms with Crippen LogP contribution >= 0.6 is 11.6 Å². The molecule has 3 atom stereocenters. The van der Waals surface area contributed by atoms with Crippen molar-refractivity contribution in [2.45, 2.75) is 50.4 Å². The highest BCUT2D eigenvalue weighted by atomic mass is 35.5. The number of esters is 1. The number of ether oxygens (including phenoxy) is 2. The number of nitrogens with one attached hydrogen (secondary N) is 3. The number of carbonyl (C=O) groups is 2. The molecule has 3 aromatic rings. The van der Waals surface area contributed by atoms with Gasteiger partial charge in [-0.15, -0.1) is 5.10 Å². The minimum atomic E-state index is -0.867. The van der Waals surface area contributed by atoms with Crippen molar-refractivity contribution in [3.8, 4) is 12.1 Å². The van der Waals surface area contributed by atoms with Crippen molar-refractivity contribution < 1.29 is 19.1 Å². The third-order valence-corrected chi connectivity index (χ3v) is 7.25. The fourth-order valence-electron chi connectivity index (χ4n) is 4.53. The van der Waals surface area contributed by atoms with Crippen molar-refractivity contribution in [1.29, 1.82) is 10.5 Å². The van der Waals surface area contributed by atoms with Crippen molar-refractivity contribution in [1.82, 2.24) is 24.9 Å². The van der Waals surface area contributed by atoms with Crippen LogP contribution in [0.15, 0.2) is 18.3 Å². The summed E-state index contributed by atoms with van der Waals surface area (Å²) in [6.45, 7) is 2.07. The van der Waals surface area contributed by atoms with Crippen LogP contribution in [0.2, 0.25) is 5.02 Å². The van der Waals surface area contributed by atoms with Crippen LogP contribution in [0.4, 0.5) is 27.9 Å². The highest BCUT2D eigenvalue weighted by Crippen LogP contribution is 2.37. The highest BCUT2D eigenvalue weighted by Gasteiger charge is 2.35. The monoisotopic (exact) mass is 593 g/mol. The number of methoxy groups -OCH3 is 1. The number of halogens is 1. The van der Waals surface area contributed by atoms with Crippen LogP contribution < -0.4 is 26.6 Å². The first kappa shape index (κ1) is 28.7. The van der Waals surface area contributed by atoms with E-state index >= 15 is 0 Å². The first-order valence-electron chi connectivity index (χ1n) is 13.2. The number of rotatable bonds is 8. The van der Waals surface area contributed by atoms with Crippen molar-refractivity contribution in [2.24, 2.45) is 5.73 Å². The van der Waals surface area contributed by atoms with Gasteiger partial charge in [-0.25, -0.2) is 9.78 Å². The molecule has 0 bridgehead atoms. The Morgan fingerprint density at radius 2 is 2.02 bits per heavy atom. The first-order valence-corrected chi connectivity index (χ1v) is 13.6. The van der Waals surface area contributed by atoms with Crippen molar-refractivity contribution in [3.05, 3.63) is 34.6 Å². The standard InChI is InChI=1S/C26H28ClN11O4/c1-13(30)24(39)42-20-12-37(6-5-17(20)34-26(40)41-2)19-8-14(9-28)7-18(21(19)27)33-25-35-22(32-15-3-4-15)23-31-11-16(10-29)38(23)36-25/h7-8,11,13,15,17,20H,3-6,12,30H2,1-2H3,(H,34,40)(H2,32,33,35,36)/t13-,17+,20+/m0/s1. The van der Waals surface area contributed by atoms with E-state index in [0.29, 0.717) is 41.4 Å². The van der Waals surface area contributed by atoms with Gasteiger partial charge in [-0.1, -0.05) is 11.6 Å². The molecule has 1 amide bonds. The maximum atomic E-state index is 12.4. The number of nitrogens with two attached hydrogens (primary N) is 1. The Morgan fingerprint density at radius 3 is 2.69 bits per heavy atom. The molecule has 1 aromatic carbocycles. The van der Waals surface area contributed by atoms with Gasteiger partial charge in [0.15, 0.2) is 17.2 Å². The molecule has 5 rings (SSSR count). The lowest BCUT2D eigenvalue weighted by Crippen LogP contribution is -2.56. The second-order valence-corrected chi connectivity index (χ2v) is 10.4. The van der Waals surface area contributed by atoms with E-state index in [2.05, 4.69) is 43.2 Å². The van der Waals surface area contributed by atoms with Crippen LogP contribution in [0, 0.1) is 22.7 Å². The molecule has 0 unspecified atom stereocenters. The van der Waals surface area contributed by atoms with Crippen molar-refractivity contribution in [3.63, 3.8) is 0 Å². The van der Waals surface area contributed by atoms with Gasteiger partial charge >= 0.3 is 12.1 Å². The van der Waals surface area contributed by atoms with Gasteiger partial charge in [-0.05, 0) is 38.3 Å². The van der Waals surface area contributed by atoms with Crippen LogP contribution in [-0.2, 0) is 14.3 Å². The number of carbonyl (C=O) groups excluding carboxylic acids is 2. The summed E-state index contributed by atoms with van der Waals surface area (Å²) >= 11 is 6.88. The lowest BCUT2D eigenvalue weighted by molar-refractivity contribution is -0.151. The molecule has 15 nitrogen and oxygen atoms in total. The van der Waals surface area contributed by atoms with Crippen molar-refractivity contribution in [2.75, 3.05) is 35.7 Å². The zero-order valence-electron chi connectivity index (χ0n) is 22.8. The topological polar surface area (TPSA) is 209 Å². The zero-order valence-corrected chi connectivity index (χ0v) is 23.6. The van der Waals surface area contributed by atoms with Gasteiger partial charge in [0.25, 0.3) is 0 Å². The first-order chi connectivity index (χ1) is 20.2. The molecule has 3 heterocycles. The molecule has 2 aliphatic rings. The number of benzene rings is 1. The van der Waals surface area contributed by atoms with Gasteiger partial charge in [0.2, 0.25) is 5.95 Å². The summed E-state index contributed by atoms with van der Waals surface area (Å²) in [5.41, 5.74) is 7.49. The summed E-state index contributed by atoms with van der Waals surface area (Å²) in [6, 6.07) is 6.25. The maximum Gasteiger partial charge on any atom is 0.407 e. The number of hydrogen-bond donors (Lipinski definition) is 4. The van der Waals surface area contributed by atoms with Gasteiger partial charge in [0, 0.05) is 12.6 Å². The molecule has 2 fully saturated rings. The van der Waals surface area contributed by atoms with E-state index in [4.69, 9.17) is 26.8 Å². The normalized spacial score (nSPS) is 18.9. The van der Waals surface area contributed by atoms with E-state index in [1.165, 1.54) is 24.7 Å². The number of imidazole rings is 1. The van der Waals surface area contributed by atoms with Crippen LogP contribution in [0.1, 0.15) is 37.4 Å². The fraction of sp³-hybridized carbons (Fsp3) is 0.423.